The van der Waals surface area contributed by atoms with Crippen LogP contribution in [0.4, 0.5) is 10.2 Å². The number of amides is 1. The third kappa shape index (κ3) is 5.96. The van der Waals surface area contributed by atoms with E-state index in [1.165, 1.54) is 12.4 Å². The first-order valence-electron chi connectivity index (χ1n) is 13.8. The number of nitrogens with two attached hydrogens (primary N) is 1. The molecule has 0 aliphatic carbocycles. The zero-order valence-electron chi connectivity index (χ0n) is 24.4. The average molecular weight is 568 g/mol. The second-order valence-electron chi connectivity index (χ2n) is 12.6. The van der Waals surface area contributed by atoms with Gasteiger partial charge in [-0.05, 0) is 41.5 Å². The number of carbonyl (C=O) groups excluding carboxylic acids is 1. The Bertz CT molecular complexity index is 1710. The minimum absolute atomic E-state index is 0.108. The molecule has 1 atom stereocenters. The van der Waals surface area contributed by atoms with E-state index >= 15 is 4.39 Å². The van der Waals surface area contributed by atoms with Gasteiger partial charge in [0.15, 0.2) is 5.65 Å². The summed E-state index contributed by atoms with van der Waals surface area (Å²) in [4.78, 5) is 23.9. The molecule has 10 heteroatoms. The van der Waals surface area contributed by atoms with Crippen molar-refractivity contribution in [2.45, 2.75) is 47.1 Å². The molecule has 5 rings (SSSR count). The summed E-state index contributed by atoms with van der Waals surface area (Å²) >= 11 is 0. The minimum atomic E-state index is -0.537. The van der Waals surface area contributed by atoms with Crippen LogP contribution in [0.2, 0.25) is 0 Å². The molecule has 1 aliphatic rings. The number of benzene rings is 2. The van der Waals surface area contributed by atoms with Crippen LogP contribution >= 0.6 is 0 Å². The first-order valence-corrected chi connectivity index (χ1v) is 13.8. The highest BCUT2D eigenvalue weighted by atomic mass is 19.1. The van der Waals surface area contributed by atoms with E-state index in [0.717, 1.165) is 0 Å². The number of fused-ring (bicyclic) bond motifs is 1. The minimum Gasteiger partial charge on any atom is -0.457 e. The number of hydrogen-bond donors (Lipinski definition) is 1. The van der Waals surface area contributed by atoms with Crippen molar-refractivity contribution in [2.24, 2.45) is 10.8 Å². The van der Waals surface area contributed by atoms with Crippen molar-refractivity contribution in [1.82, 2.24) is 24.6 Å². The summed E-state index contributed by atoms with van der Waals surface area (Å²) < 4.78 is 23.1. The Balaban J connectivity index is 1.54. The number of nitrogen functional groups attached to an aromatic ring is 1. The van der Waals surface area contributed by atoms with Crippen molar-refractivity contribution in [3.05, 3.63) is 72.3 Å². The molecule has 0 unspecified atom stereocenters. The lowest BCUT2D eigenvalue weighted by Crippen LogP contribution is -2.48. The van der Waals surface area contributed by atoms with Gasteiger partial charge >= 0.3 is 0 Å². The van der Waals surface area contributed by atoms with Crippen molar-refractivity contribution >= 4 is 22.8 Å². The molecule has 0 bridgehead atoms. The molecule has 4 aromatic rings. The number of hydrogen-bond acceptors (Lipinski definition) is 7. The molecule has 1 amide bonds. The lowest BCUT2D eigenvalue weighted by Gasteiger charge is -2.42. The molecule has 0 spiro atoms. The number of nitriles is 1. The molecular formula is C32H34FN7O2. The van der Waals surface area contributed by atoms with E-state index in [-0.39, 0.29) is 39.7 Å². The van der Waals surface area contributed by atoms with E-state index < -0.39 is 5.82 Å². The van der Waals surface area contributed by atoms with Crippen molar-refractivity contribution < 1.29 is 13.9 Å². The number of allylic oxidation sites excluding steroid dienone is 1. The van der Waals surface area contributed by atoms with Gasteiger partial charge in [0, 0.05) is 24.7 Å². The highest BCUT2D eigenvalue weighted by Crippen LogP contribution is 2.40. The third-order valence-electron chi connectivity index (χ3n) is 7.09. The number of aromatic nitrogens is 4. The Morgan fingerprint density at radius 3 is 2.57 bits per heavy atom. The standard InChI is InChI=1S/C32H34FN7O2/c1-31(2,3)14-20(16-34)30(41)39-17-21(15-32(4,5)18-39)40-29-26(28(35)36-19-37-29)27(38-40)24-12-11-23(13-25(24)33)42-22-9-7-6-8-10-22/h6-14,19,21H,15,17-18H2,1-5H3,(H2,35,36,37)/b20-14+/t21-/m1/s1. The average Bonchev–Trinajstić information content (AvgIpc) is 3.31. The highest BCUT2D eigenvalue weighted by Gasteiger charge is 2.38. The maximum atomic E-state index is 15.6. The fourth-order valence-corrected chi connectivity index (χ4v) is 5.48. The Morgan fingerprint density at radius 1 is 1.17 bits per heavy atom. The summed E-state index contributed by atoms with van der Waals surface area (Å²) in [5.41, 5.74) is 6.76. The van der Waals surface area contributed by atoms with Crippen molar-refractivity contribution in [3.63, 3.8) is 0 Å². The summed E-state index contributed by atoms with van der Waals surface area (Å²) in [5.74, 6) is 0.248. The number of halogens is 1. The molecule has 1 saturated heterocycles. The molecular weight excluding hydrogens is 533 g/mol. The second kappa shape index (κ2) is 10.9. The van der Waals surface area contributed by atoms with Gasteiger partial charge in [0.05, 0.1) is 11.4 Å². The van der Waals surface area contributed by atoms with Gasteiger partial charge in [-0.3, -0.25) is 4.79 Å². The molecule has 9 nitrogen and oxygen atoms in total. The van der Waals surface area contributed by atoms with E-state index in [2.05, 4.69) is 29.9 Å². The number of para-hydroxylation sites is 1. The van der Waals surface area contributed by atoms with Crippen LogP contribution in [0.5, 0.6) is 11.5 Å². The van der Waals surface area contributed by atoms with Gasteiger partial charge in [-0.25, -0.2) is 19.0 Å². The van der Waals surface area contributed by atoms with Crippen LogP contribution in [0, 0.1) is 28.0 Å². The van der Waals surface area contributed by atoms with Crippen LogP contribution in [0.3, 0.4) is 0 Å². The van der Waals surface area contributed by atoms with Gasteiger partial charge in [-0.1, -0.05) is 58.9 Å². The molecule has 0 radical (unpaired) electrons. The summed E-state index contributed by atoms with van der Waals surface area (Å²) in [6, 6.07) is 15.5. The normalized spacial score (nSPS) is 17.2. The largest absolute Gasteiger partial charge is 0.457 e. The zero-order valence-corrected chi connectivity index (χ0v) is 24.4. The van der Waals surface area contributed by atoms with Crippen LogP contribution < -0.4 is 10.5 Å². The van der Waals surface area contributed by atoms with Crippen LogP contribution in [0.25, 0.3) is 22.3 Å². The van der Waals surface area contributed by atoms with Crippen LogP contribution in [0.1, 0.15) is 47.1 Å². The molecule has 1 fully saturated rings. The lowest BCUT2D eigenvalue weighted by atomic mass is 9.81. The van der Waals surface area contributed by atoms with E-state index in [9.17, 15) is 10.1 Å². The molecule has 0 saturated carbocycles. The predicted octanol–water partition coefficient (Wildman–Crippen LogP) is 6.30. The molecule has 2 N–H and O–H groups in total. The van der Waals surface area contributed by atoms with Crippen LogP contribution in [-0.2, 0) is 4.79 Å². The number of rotatable bonds is 5. The topological polar surface area (TPSA) is 123 Å². The second-order valence-corrected chi connectivity index (χ2v) is 12.6. The number of anilines is 1. The van der Waals surface area contributed by atoms with Gasteiger partial charge in [0.2, 0.25) is 0 Å². The van der Waals surface area contributed by atoms with Gasteiger partial charge < -0.3 is 15.4 Å². The molecule has 216 valence electrons. The lowest BCUT2D eigenvalue weighted by molar-refractivity contribution is -0.131. The summed E-state index contributed by atoms with van der Waals surface area (Å²) in [7, 11) is 0. The maximum absolute atomic E-state index is 15.6. The first-order chi connectivity index (χ1) is 19.8. The Morgan fingerprint density at radius 2 is 1.90 bits per heavy atom. The Hall–Kier alpha value is -4.78. The number of carbonyl (C=O) groups is 1. The predicted molar refractivity (Wildman–Crippen MR) is 159 cm³/mol. The quantitative estimate of drug-likeness (QED) is 0.222. The SMILES string of the molecule is CC(C)(C)/C=C(\C#N)C(=O)N1C[C@H](n2nc(-c3ccc(Oc4ccccc4)cc3F)c3c(N)ncnc32)CC(C)(C)C1. The molecule has 1 aliphatic heterocycles. The maximum Gasteiger partial charge on any atom is 0.264 e. The van der Waals surface area contributed by atoms with E-state index in [0.29, 0.717) is 47.7 Å². The number of nitrogens with zero attached hydrogens (tertiary/aromatic N) is 6. The first kappa shape index (κ1) is 28.7. The van der Waals surface area contributed by atoms with Crippen LogP contribution in [0.15, 0.2) is 66.5 Å². The third-order valence-corrected chi connectivity index (χ3v) is 7.09. The fraction of sp³-hybridized carbons (Fsp3) is 0.344. The van der Waals surface area contributed by atoms with Gasteiger partial charge in [-0.2, -0.15) is 10.4 Å². The van der Waals surface area contributed by atoms with Gasteiger partial charge in [0.1, 0.15) is 46.8 Å². The van der Waals surface area contributed by atoms with Gasteiger partial charge in [-0.15, -0.1) is 0 Å². The Kier molecular flexibility index (Phi) is 7.45. The fourth-order valence-electron chi connectivity index (χ4n) is 5.48. The smallest absolute Gasteiger partial charge is 0.264 e. The molecule has 2 aromatic heterocycles. The van der Waals surface area contributed by atoms with Crippen molar-refractivity contribution in [3.8, 4) is 28.8 Å². The molecule has 42 heavy (non-hydrogen) atoms. The Labute approximate surface area is 244 Å². The molecule has 3 heterocycles. The summed E-state index contributed by atoms with van der Waals surface area (Å²) in [6.07, 6.45) is 3.73. The van der Waals surface area contributed by atoms with Crippen LogP contribution in [-0.4, -0.2) is 43.6 Å². The van der Waals surface area contributed by atoms with E-state index in [4.69, 9.17) is 15.6 Å². The number of piperidine rings is 1. The molecule has 2 aromatic carbocycles. The number of likely N-dealkylation sites (tertiary alicyclic amines) is 1. The van der Waals surface area contributed by atoms with Gasteiger partial charge in [0.25, 0.3) is 5.91 Å². The monoisotopic (exact) mass is 567 g/mol. The highest BCUT2D eigenvalue weighted by molar-refractivity contribution is 5.99. The summed E-state index contributed by atoms with van der Waals surface area (Å²) in [6.45, 7) is 10.8. The number of ether oxygens (including phenoxy) is 1. The van der Waals surface area contributed by atoms with E-state index in [1.54, 1.807) is 39.9 Å². The summed E-state index contributed by atoms with van der Waals surface area (Å²) in [5, 5.41) is 15.0. The zero-order chi connectivity index (χ0) is 30.2. The van der Waals surface area contributed by atoms with E-state index in [1.807, 2.05) is 39.0 Å². The van der Waals surface area contributed by atoms with Crippen molar-refractivity contribution in [1.29, 1.82) is 5.26 Å². The van der Waals surface area contributed by atoms with Crippen molar-refractivity contribution in [2.75, 3.05) is 18.8 Å².